The van der Waals surface area contributed by atoms with Crippen molar-refractivity contribution < 1.29 is 22.8 Å². The highest BCUT2D eigenvalue weighted by Crippen LogP contribution is 2.35. The molecule has 2 aliphatic rings. The largest absolute Gasteiger partial charge is 0.416 e. The van der Waals surface area contributed by atoms with Gasteiger partial charge in [0.15, 0.2) is 0 Å². The summed E-state index contributed by atoms with van der Waals surface area (Å²) in [7, 11) is 0. The minimum atomic E-state index is -4.44. The van der Waals surface area contributed by atoms with Crippen molar-refractivity contribution in [2.24, 2.45) is 5.92 Å². The Bertz CT molecular complexity index is 1080. The van der Waals surface area contributed by atoms with Crippen molar-refractivity contribution >= 4 is 11.8 Å². The Morgan fingerprint density at radius 3 is 2.59 bits per heavy atom. The van der Waals surface area contributed by atoms with Gasteiger partial charge >= 0.3 is 6.18 Å². The average molecular weight is 447 g/mol. The second-order valence-electron chi connectivity index (χ2n) is 8.47. The highest BCUT2D eigenvalue weighted by molar-refractivity contribution is 5.83. The van der Waals surface area contributed by atoms with E-state index in [0.717, 1.165) is 24.2 Å². The number of aromatic nitrogens is 1. The molecule has 0 aliphatic carbocycles. The number of benzene rings is 1. The fourth-order valence-electron chi connectivity index (χ4n) is 4.63. The Kier molecular flexibility index (Phi) is 6.08. The Hall–Kier alpha value is -3.10. The maximum atomic E-state index is 12.8. The van der Waals surface area contributed by atoms with E-state index in [0.29, 0.717) is 25.2 Å². The molecular weight excluding hydrogens is 423 g/mol. The first kappa shape index (κ1) is 22.1. The van der Waals surface area contributed by atoms with Gasteiger partial charge in [0, 0.05) is 56.7 Å². The number of nitrogens with zero attached hydrogens (tertiary/aromatic N) is 2. The normalized spacial score (nSPS) is 19.9. The summed E-state index contributed by atoms with van der Waals surface area (Å²) in [6.07, 6.45) is -3.49. The molecule has 2 atom stereocenters. The molecule has 6 nitrogen and oxygen atoms in total. The molecular formula is C23H24F3N3O3. The molecule has 9 heteroatoms. The molecule has 1 saturated heterocycles. The van der Waals surface area contributed by atoms with Gasteiger partial charge in [-0.2, -0.15) is 13.2 Å². The molecule has 3 heterocycles. The van der Waals surface area contributed by atoms with E-state index in [4.69, 9.17) is 0 Å². The number of rotatable bonds is 5. The van der Waals surface area contributed by atoms with E-state index in [-0.39, 0.29) is 48.6 Å². The van der Waals surface area contributed by atoms with Crippen LogP contribution in [-0.2, 0) is 28.9 Å². The standard InChI is InChI=1S/C23H24F3N3O3/c24-23(25,26)18-4-1-3-15(10-18)11-27-20(30)7-8-21(31)28-12-16-9-17(14-28)19-5-2-6-22(32)29(19)13-16/h1-6,10,16-17H,7-9,11-14H2,(H,27,30)/t16-,17+/m1/s1. The molecule has 170 valence electrons. The van der Waals surface area contributed by atoms with Crippen LogP contribution in [-0.4, -0.2) is 34.4 Å². The molecule has 1 N–H and O–H groups in total. The van der Waals surface area contributed by atoms with Crippen LogP contribution in [0.4, 0.5) is 13.2 Å². The summed E-state index contributed by atoms with van der Waals surface area (Å²) in [5.74, 6) is -0.194. The molecule has 32 heavy (non-hydrogen) atoms. The number of likely N-dealkylation sites (tertiary alicyclic amines) is 1. The molecule has 1 aromatic carbocycles. The summed E-state index contributed by atoms with van der Waals surface area (Å²) in [5, 5.41) is 2.58. The van der Waals surface area contributed by atoms with Gasteiger partial charge in [-0.3, -0.25) is 14.4 Å². The van der Waals surface area contributed by atoms with Crippen LogP contribution in [0.3, 0.4) is 0 Å². The van der Waals surface area contributed by atoms with E-state index in [2.05, 4.69) is 5.32 Å². The van der Waals surface area contributed by atoms with Gasteiger partial charge in [0.2, 0.25) is 11.8 Å². The maximum absolute atomic E-state index is 12.8. The molecule has 0 saturated carbocycles. The van der Waals surface area contributed by atoms with Gasteiger partial charge in [-0.1, -0.05) is 18.2 Å². The van der Waals surface area contributed by atoms with Crippen LogP contribution in [0.5, 0.6) is 0 Å². The summed E-state index contributed by atoms with van der Waals surface area (Å²) >= 11 is 0. The number of alkyl halides is 3. The van der Waals surface area contributed by atoms with E-state index in [1.54, 1.807) is 21.6 Å². The lowest BCUT2D eigenvalue weighted by Crippen LogP contribution is -2.49. The van der Waals surface area contributed by atoms with Crippen molar-refractivity contribution in [1.82, 2.24) is 14.8 Å². The van der Waals surface area contributed by atoms with Gasteiger partial charge in [0.1, 0.15) is 0 Å². The van der Waals surface area contributed by atoms with Gasteiger partial charge in [0.25, 0.3) is 5.56 Å². The fraction of sp³-hybridized carbons (Fsp3) is 0.435. The SMILES string of the molecule is O=C(CCC(=O)N1C[C@H]2C[C@@H](C1)c1cccc(=O)n1C2)NCc1cccc(C(F)(F)F)c1. The smallest absolute Gasteiger partial charge is 0.352 e. The van der Waals surface area contributed by atoms with Crippen LogP contribution in [0.15, 0.2) is 47.3 Å². The van der Waals surface area contributed by atoms with Gasteiger partial charge in [-0.25, -0.2) is 0 Å². The maximum Gasteiger partial charge on any atom is 0.416 e. The van der Waals surface area contributed by atoms with Crippen molar-refractivity contribution in [2.45, 2.75) is 44.4 Å². The monoisotopic (exact) mass is 447 g/mol. The Labute approximate surface area is 183 Å². The van der Waals surface area contributed by atoms with Gasteiger partial charge in [-0.05, 0) is 36.1 Å². The molecule has 2 aliphatic heterocycles. The predicted octanol–water partition coefficient (Wildman–Crippen LogP) is 2.91. The zero-order valence-corrected chi connectivity index (χ0v) is 17.4. The topological polar surface area (TPSA) is 71.4 Å². The van der Waals surface area contributed by atoms with E-state index in [9.17, 15) is 27.6 Å². The minimum absolute atomic E-state index is 0.0191. The minimum Gasteiger partial charge on any atom is -0.352 e. The molecule has 0 unspecified atom stereocenters. The number of hydrogen-bond acceptors (Lipinski definition) is 3. The second kappa shape index (κ2) is 8.80. The summed E-state index contributed by atoms with van der Waals surface area (Å²) in [6.45, 7) is 1.63. The van der Waals surface area contributed by atoms with Crippen LogP contribution in [0.1, 0.15) is 42.0 Å². The second-order valence-corrected chi connectivity index (χ2v) is 8.47. The summed E-state index contributed by atoms with van der Waals surface area (Å²) in [6, 6.07) is 10.0. The Morgan fingerprint density at radius 2 is 1.81 bits per heavy atom. The number of fused-ring (bicyclic) bond motifs is 4. The summed E-state index contributed by atoms with van der Waals surface area (Å²) in [4.78, 5) is 38.7. The number of pyridine rings is 1. The van der Waals surface area contributed by atoms with Gasteiger partial charge < -0.3 is 14.8 Å². The first-order valence-corrected chi connectivity index (χ1v) is 10.6. The third-order valence-corrected chi connectivity index (χ3v) is 6.14. The van der Waals surface area contributed by atoms with Crippen LogP contribution < -0.4 is 10.9 Å². The zero-order valence-electron chi connectivity index (χ0n) is 17.4. The lowest BCUT2D eigenvalue weighted by atomic mass is 9.83. The van der Waals surface area contributed by atoms with Crippen molar-refractivity contribution in [3.05, 3.63) is 69.6 Å². The number of amides is 2. The van der Waals surface area contributed by atoms with E-state index in [1.165, 1.54) is 12.1 Å². The lowest BCUT2D eigenvalue weighted by Gasteiger charge is -2.42. The molecule has 4 rings (SSSR count). The molecule has 2 aromatic rings. The van der Waals surface area contributed by atoms with Crippen molar-refractivity contribution in [2.75, 3.05) is 13.1 Å². The highest BCUT2D eigenvalue weighted by Gasteiger charge is 2.36. The highest BCUT2D eigenvalue weighted by atomic mass is 19.4. The van der Waals surface area contributed by atoms with E-state index in [1.807, 2.05) is 6.07 Å². The predicted molar refractivity (Wildman–Crippen MR) is 111 cm³/mol. The molecule has 2 amide bonds. The summed E-state index contributed by atoms with van der Waals surface area (Å²) in [5.41, 5.74) is 0.510. The van der Waals surface area contributed by atoms with Crippen LogP contribution in [0.25, 0.3) is 0 Å². The number of hydrogen-bond donors (Lipinski definition) is 1. The molecule has 1 aromatic heterocycles. The third kappa shape index (κ3) is 4.87. The molecule has 2 bridgehead atoms. The number of halogens is 3. The van der Waals surface area contributed by atoms with Gasteiger partial charge in [-0.15, -0.1) is 0 Å². The first-order chi connectivity index (χ1) is 15.2. The number of carbonyl (C=O) groups excluding carboxylic acids is 2. The lowest BCUT2D eigenvalue weighted by molar-refractivity contribution is -0.137. The number of carbonyl (C=O) groups is 2. The van der Waals surface area contributed by atoms with Crippen LogP contribution in [0.2, 0.25) is 0 Å². The molecule has 0 radical (unpaired) electrons. The first-order valence-electron chi connectivity index (χ1n) is 10.6. The zero-order chi connectivity index (χ0) is 22.9. The number of piperidine rings is 1. The van der Waals surface area contributed by atoms with Crippen molar-refractivity contribution in [1.29, 1.82) is 0 Å². The van der Waals surface area contributed by atoms with E-state index < -0.39 is 11.7 Å². The van der Waals surface area contributed by atoms with Crippen molar-refractivity contribution in [3.8, 4) is 0 Å². The third-order valence-electron chi connectivity index (χ3n) is 6.14. The quantitative estimate of drug-likeness (QED) is 0.766. The van der Waals surface area contributed by atoms with Gasteiger partial charge in [0.05, 0.1) is 5.56 Å². The Balaban J connectivity index is 1.28. The van der Waals surface area contributed by atoms with Crippen LogP contribution in [0, 0.1) is 5.92 Å². The van der Waals surface area contributed by atoms with E-state index >= 15 is 0 Å². The van der Waals surface area contributed by atoms with Crippen molar-refractivity contribution in [3.63, 3.8) is 0 Å². The molecule has 1 fully saturated rings. The summed E-state index contributed by atoms with van der Waals surface area (Å²) < 4.78 is 40.2. The molecule has 0 spiro atoms. The Morgan fingerprint density at radius 1 is 1.03 bits per heavy atom. The fourth-order valence-corrected chi connectivity index (χ4v) is 4.63. The average Bonchev–Trinajstić information content (AvgIpc) is 2.76. The number of nitrogens with one attached hydrogen (secondary N) is 1. The van der Waals surface area contributed by atoms with Crippen LogP contribution >= 0.6 is 0 Å².